The smallest absolute Gasteiger partial charge is 0.410 e. The van der Waals surface area contributed by atoms with Gasteiger partial charge in [-0.25, -0.2) is 9.59 Å². The lowest BCUT2D eigenvalue weighted by molar-refractivity contribution is -0.150. The van der Waals surface area contributed by atoms with Crippen molar-refractivity contribution in [3.05, 3.63) is 35.9 Å². The summed E-state index contributed by atoms with van der Waals surface area (Å²) >= 11 is 0. The van der Waals surface area contributed by atoms with Crippen molar-refractivity contribution < 1.29 is 29.0 Å². The Morgan fingerprint density at radius 2 is 1.77 bits per heavy atom. The molecule has 3 fully saturated rings. The molecule has 1 saturated carbocycles. The summed E-state index contributed by atoms with van der Waals surface area (Å²) in [6.45, 7) is 7.09. The van der Waals surface area contributed by atoms with Crippen LogP contribution in [0.5, 0.6) is 0 Å². The molecule has 2 aliphatic heterocycles. The first kappa shape index (κ1) is 21.5. The number of aliphatic carboxylic acids is 1. The van der Waals surface area contributed by atoms with Crippen LogP contribution in [0.4, 0.5) is 9.59 Å². The number of hydrogen-bond donors (Lipinski definition) is 1. The third-order valence-electron chi connectivity index (χ3n) is 6.78. The predicted molar refractivity (Wildman–Crippen MR) is 111 cm³/mol. The molecule has 3 aliphatic rings. The van der Waals surface area contributed by atoms with Crippen molar-refractivity contribution in [3.8, 4) is 0 Å². The maximum absolute atomic E-state index is 12.7. The SMILES string of the molecule is CC(C)(C)OC(=O)N1CC2CC3(C(=O)O)CN(C(=O)OCc4ccccc4)CC3C2C1. The number of fused-ring (bicyclic) bond motifs is 3. The predicted octanol–water partition coefficient (Wildman–Crippen LogP) is 3.21. The highest BCUT2D eigenvalue weighted by Gasteiger charge is 2.65. The number of carboxylic acid groups (broad SMARTS) is 1. The fourth-order valence-electron chi connectivity index (χ4n) is 5.47. The van der Waals surface area contributed by atoms with E-state index in [2.05, 4.69) is 0 Å². The van der Waals surface area contributed by atoms with Crippen molar-refractivity contribution in [1.82, 2.24) is 9.80 Å². The van der Waals surface area contributed by atoms with Gasteiger partial charge in [0.1, 0.15) is 12.2 Å². The Morgan fingerprint density at radius 1 is 1.06 bits per heavy atom. The van der Waals surface area contributed by atoms with E-state index in [1.165, 1.54) is 4.90 Å². The van der Waals surface area contributed by atoms with Gasteiger partial charge in [0.2, 0.25) is 0 Å². The van der Waals surface area contributed by atoms with Crippen molar-refractivity contribution in [3.63, 3.8) is 0 Å². The van der Waals surface area contributed by atoms with E-state index in [4.69, 9.17) is 9.47 Å². The number of nitrogens with zero attached hydrogens (tertiary/aromatic N) is 2. The first-order chi connectivity index (χ1) is 14.6. The molecule has 8 nitrogen and oxygen atoms in total. The average molecular weight is 431 g/mol. The third-order valence-corrected chi connectivity index (χ3v) is 6.78. The summed E-state index contributed by atoms with van der Waals surface area (Å²) in [6, 6.07) is 9.39. The molecule has 2 saturated heterocycles. The lowest BCUT2D eigenvalue weighted by atomic mass is 9.78. The summed E-state index contributed by atoms with van der Waals surface area (Å²) in [5, 5.41) is 10.1. The van der Waals surface area contributed by atoms with Gasteiger partial charge < -0.3 is 24.4 Å². The van der Waals surface area contributed by atoms with Gasteiger partial charge in [-0.2, -0.15) is 0 Å². The second kappa shape index (κ2) is 7.73. The quantitative estimate of drug-likeness (QED) is 0.791. The van der Waals surface area contributed by atoms with Gasteiger partial charge in [0.05, 0.1) is 5.41 Å². The molecule has 0 aromatic heterocycles. The molecule has 2 amide bonds. The second-order valence-corrected chi connectivity index (χ2v) is 10.0. The van der Waals surface area contributed by atoms with Crippen LogP contribution in [-0.2, 0) is 20.9 Å². The lowest BCUT2D eigenvalue weighted by Gasteiger charge is -2.28. The van der Waals surface area contributed by atoms with Gasteiger partial charge in [0.15, 0.2) is 0 Å². The van der Waals surface area contributed by atoms with Crippen LogP contribution >= 0.6 is 0 Å². The lowest BCUT2D eigenvalue weighted by Crippen LogP contribution is -2.41. The van der Waals surface area contributed by atoms with Crippen LogP contribution in [0.3, 0.4) is 0 Å². The van der Waals surface area contributed by atoms with Crippen molar-refractivity contribution >= 4 is 18.2 Å². The number of carbonyl (C=O) groups excluding carboxylic acids is 2. The molecule has 0 bridgehead atoms. The summed E-state index contributed by atoms with van der Waals surface area (Å²) in [5.74, 6) is -0.924. The Morgan fingerprint density at radius 3 is 2.42 bits per heavy atom. The number of amides is 2. The van der Waals surface area contributed by atoms with Crippen LogP contribution in [0.2, 0.25) is 0 Å². The molecule has 0 radical (unpaired) electrons. The Labute approximate surface area is 182 Å². The minimum Gasteiger partial charge on any atom is -0.481 e. The minimum absolute atomic E-state index is 0.0375. The molecule has 4 rings (SSSR count). The molecule has 2 heterocycles. The number of benzene rings is 1. The standard InChI is InChI=1S/C23H30N2O6/c1-22(2,3)31-21(29)24-10-16-9-23(19(26)27)14-25(12-18(23)17(16)11-24)20(28)30-13-15-7-5-4-6-8-15/h4-8,16-18H,9-14H2,1-3H3,(H,26,27). The van der Waals surface area contributed by atoms with Crippen LogP contribution in [0.1, 0.15) is 32.8 Å². The number of carbonyl (C=O) groups is 3. The molecule has 1 aromatic carbocycles. The van der Waals surface area contributed by atoms with Crippen LogP contribution in [0, 0.1) is 23.2 Å². The molecule has 4 unspecified atom stereocenters. The molecule has 168 valence electrons. The van der Waals surface area contributed by atoms with Crippen molar-refractivity contribution in [2.24, 2.45) is 23.2 Å². The molecule has 31 heavy (non-hydrogen) atoms. The van der Waals surface area contributed by atoms with E-state index < -0.39 is 23.1 Å². The van der Waals surface area contributed by atoms with Gasteiger partial charge in [-0.15, -0.1) is 0 Å². The van der Waals surface area contributed by atoms with E-state index in [-0.39, 0.29) is 37.0 Å². The summed E-state index contributed by atoms with van der Waals surface area (Å²) in [6.07, 6.45) is -0.392. The van der Waals surface area contributed by atoms with E-state index in [0.717, 1.165) is 5.56 Å². The van der Waals surface area contributed by atoms with Gasteiger partial charge >= 0.3 is 18.2 Å². The van der Waals surface area contributed by atoms with E-state index in [0.29, 0.717) is 26.1 Å². The van der Waals surface area contributed by atoms with E-state index in [9.17, 15) is 19.5 Å². The van der Waals surface area contributed by atoms with Crippen LogP contribution in [0.15, 0.2) is 30.3 Å². The van der Waals surface area contributed by atoms with Gasteiger partial charge in [0.25, 0.3) is 0 Å². The number of hydrogen-bond acceptors (Lipinski definition) is 5. The zero-order valence-corrected chi connectivity index (χ0v) is 18.2. The topological polar surface area (TPSA) is 96.4 Å². The van der Waals surface area contributed by atoms with Crippen molar-refractivity contribution in [2.75, 3.05) is 26.2 Å². The average Bonchev–Trinajstić information content (AvgIpc) is 3.34. The molecule has 1 N–H and O–H groups in total. The third kappa shape index (κ3) is 4.07. The highest BCUT2D eigenvalue weighted by molar-refractivity contribution is 5.79. The van der Waals surface area contributed by atoms with Gasteiger partial charge in [-0.1, -0.05) is 30.3 Å². The molecule has 4 atom stereocenters. The van der Waals surface area contributed by atoms with Crippen LogP contribution in [-0.4, -0.2) is 64.8 Å². The van der Waals surface area contributed by atoms with Gasteiger partial charge in [0, 0.05) is 26.2 Å². The Balaban J connectivity index is 1.42. The molecular formula is C23H30N2O6. The summed E-state index contributed by atoms with van der Waals surface area (Å²) < 4.78 is 10.9. The molecule has 1 aromatic rings. The minimum atomic E-state index is -0.971. The van der Waals surface area contributed by atoms with Crippen LogP contribution in [0.25, 0.3) is 0 Å². The monoisotopic (exact) mass is 430 g/mol. The number of ether oxygens (including phenoxy) is 2. The highest BCUT2D eigenvalue weighted by Crippen LogP contribution is 2.57. The van der Waals surface area contributed by atoms with E-state index in [1.54, 1.807) is 4.90 Å². The Hall–Kier alpha value is -2.77. The second-order valence-electron chi connectivity index (χ2n) is 10.0. The molecule has 8 heteroatoms. The maximum atomic E-state index is 12.7. The molecule has 0 spiro atoms. The summed E-state index contributed by atoms with van der Waals surface area (Å²) in [5.41, 5.74) is -0.667. The number of rotatable bonds is 3. The first-order valence-electron chi connectivity index (χ1n) is 10.8. The largest absolute Gasteiger partial charge is 0.481 e. The fourth-order valence-corrected chi connectivity index (χ4v) is 5.47. The zero-order valence-electron chi connectivity index (χ0n) is 18.2. The number of likely N-dealkylation sites (tertiary alicyclic amines) is 2. The van der Waals surface area contributed by atoms with E-state index >= 15 is 0 Å². The number of carboxylic acids is 1. The van der Waals surface area contributed by atoms with E-state index in [1.807, 2.05) is 51.1 Å². The van der Waals surface area contributed by atoms with Crippen molar-refractivity contribution in [2.45, 2.75) is 39.4 Å². The Bertz CT molecular complexity index is 867. The first-order valence-corrected chi connectivity index (χ1v) is 10.8. The van der Waals surface area contributed by atoms with Crippen LogP contribution < -0.4 is 0 Å². The normalized spacial score (nSPS) is 29.5. The Kier molecular flexibility index (Phi) is 5.35. The summed E-state index contributed by atoms with van der Waals surface area (Å²) in [7, 11) is 0. The maximum Gasteiger partial charge on any atom is 0.410 e. The fraction of sp³-hybridized carbons (Fsp3) is 0.609. The summed E-state index contributed by atoms with van der Waals surface area (Å²) in [4.78, 5) is 40.7. The van der Waals surface area contributed by atoms with Crippen molar-refractivity contribution in [1.29, 1.82) is 0 Å². The molecular weight excluding hydrogens is 400 g/mol. The van der Waals surface area contributed by atoms with Gasteiger partial charge in [-0.05, 0) is 50.5 Å². The zero-order chi connectivity index (χ0) is 22.4. The van der Waals surface area contributed by atoms with Gasteiger partial charge in [-0.3, -0.25) is 4.79 Å². The highest BCUT2D eigenvalue weighted by atomic mass is 16.6. The molecule has 1 aliphatic carbocycles.